The monoisotopic (exact) mass is 304 g/mol. The van der Waals surface area contributed by atoms with Crippen LogP contribution in [-0.4, -0.2) is 29.9 Å². The van der Waals surface area contributed by atoms with Gasteiger partial charge in [0.25, 0.3) is 5.91 Å². The minimum absolute atomic E-state index is 0.307. The van der Waals surface area contributed by atoms with Gasteiger partial charge in [0, 0.05) is 17.8 Å². The zero-order valence-corrected chi connectivity index (χ0v) is 12.4. The Balaban J connectivity index is 2.71. The molecule has 0 aliphatic heterocycles. The number of rotatable bonds is 4. The molecule has 3 N–H and O–H groups in total. The summed E-state index contributed by atoms with van der Waals surface area (Å²) in [4.78, 5) is 23.5. The zero-order valence-electron chi connectivity index (χ0n) is 12.4. The molecule has 0 saturated carbocycles. The smallest absolute Gasteiger partial charge is 0.289 e. The van der Waals surface area contributed by atoms with Crippen LogP contribution in [0.5, 0.6) is 11.5 Å². The molecular weight excluding hydrogens is 288 g/mol. The number of carbonyl (C=O) groups excluding carboxylic acids is 1. The van der Waals surface area contributed by atoms with Gasteiger partial charge in [-0.1, -0.05) is 0 Å². The Morgan fingerprint density at radius 1 is 1.27 bits per heavy atom. The number of aromatic nitrogens is 2. The van der Waals surface area contributed by atoms with Crippen LogP contribution in [0, 0.1) is 6.92 Å². The molecule has 22 heavy (non-hydrogen) atoms. The van der Waals surface area contributed by atoms with Crippen molar-refractivity contribution in [3.05, 3.63) is 45.9 Å². The number of nitrogens with zero attached hydrogens (tertiary/aromatic N) is 2. The summed E-state index contributed by atoms with van der Waals surface area (Å²) in [5.74, 6) is 5.40. The predicted molar refractivity (Wildman–Crippen MR) is 79.3 cm³/mol. The molecule has 0 bridgehead atoms. The van der Waals surface area contributed by atoms with Gasteiger partial charge in [-0.25, -0.2) is 10.5 Å². The maximum Gasteiger partial charge on any atom is 0.289 e. The number of hydrazine groups is 1. The van der Waals surface area contributed by atoms with Crippen molar-refractivity contribution in [1.29, 1.82) is 0 Å². The fourth-order valence-corrected chi connectivity index (χ4v) is 1.98. The van der Waals surface area contributed by atoms with E-state index in [0.717, 1.165) is 0 Å². The lowest BCUT2D eigenvalue weighted by Crippen LogP contribution is -2.36. The molecule has 0 radical (unpaired) electrons. The van der Waals surface area contributed by atoms with Crippen molar-refractivity contribution in [2.45, 2.75) is 6.92 Å². The summed E-state index contributed by atoms with van der Waals surface area (Å²) in [6.45, 7) is 1.69. The zero-order chi connectivity index (χ0) is 16.3. The van der Waals surface area contributed by atoms with Gasteiger partial charge in [0.2, 0.25) is 5.43 Å². The van der Waals surface area contributed by atoms with Crippen LogP contribution in [0.25, 0.3) is 5.69 Å². The highest BCUT2D eigenvalue weighted by molar-refractivity contribution is 5.91. The number of amides is 1. The molecule has 8 nitrogen and oxygen atoms in total. The van der Waals surface area contributed by atoms with Crippen LogP contribution in [0.4, 0.5) is 0 Å². The largest absolute Gasteiger partial charge is 0.497 e. The highest BCUT2D eigenvalue weighted by Crippen LogP contribution is 2.27. The lowest BCUT2D eigenvalue weighted by Gasteiger charge is -2.15. The summed E-state index contributed by atoms with van der Waals surface area (Å²) in [7, 11) is 3.04. The quantitative estimate of drug-likeness (QED) is 0.473. The number of nitrogens with one attached hydrogen (secondary N) is 1. The van der Waals surface area contributed by atoms with Crippen LogP contribution >= 0.6 is 0 Å². The first kappa shape index (κ1) is 15.5. The maximum atomic E-state index is 11.9. The highest BCUT2D eigenvalue weighted by atomic mass is 16.5. The van der Waals surface area contributed by atoms with Crippen molar-refractivity contribution >= 4 is 5.91 Å². The van der Waals surface area contributed by atoms with Gasteiger partial charge in [0.15, 0.2) is 5.69 Å². The number of hydrogen-bond donors (Lipinski definition) is 2. The second-order valence-electron chi connectivity index (χ2n) is 4.42. The van der Waals surface area contributed by atoms with Crippen LogP contribution < -0.4 is 26.2 Å². The molecule has 116 valence electrons. The van der Waals surface area contributed by atoms with E-state index < -0.39 is 11.3 Å². The highest BCUT2D eigenvalue weighted by Gasteiger charge is 2.16. The van der Waals surface area contributed by atoms with Crippen LogP contribution in [0.15, 0.2) is 29.1 Å². The van der Waals surface area contributed by atoms with E-state index in [0.29, 0.717) is 22.9 Å². The second kappa shape index (κ2) is 6.27. The molecule has 0 saturated heterocycles. The molecule has 0 aliphatic rings. The third-order valence-electron chi connectivity index (χ3n) is 3.07. The molecule has 0 unspecified atom stereocenters. The summed E-state index contributed by atoms with van der Waals surface area (Å²) in [5.41, 5.74) is 2.14. The van der Waals surface area contributed by atoms with Crippen molar-refractivity contribution in [3.63, 3.8) is 0 Å². The number of benzene rings is 1. The third-order valence-corrected chi connectivity index (χ3v) is 3.07. The third kappa shape index (κ3) is 2.77. The minimum atomic E-state index is -0.763. The first-order chi connectivity index (χ1) is 10.5. The minimum Gasteiger partial charge on any atom is -0.497 e. The molecule has 0 spiro atoms. The van der Waals surface area contributed by atoms with Gasteiger partial charge in [-0.2, -0.15) is 5.10 Å². The van der Waals surface area contributed by atoms with Crippen molar-refractivity contribution in [2.75, 3.05) is 14.2 Å². The van der Waals surface area contributed by atoms with E-state index in [4.69, 9.17) is 15.3 Å². The normalized spacial score (nSPS) is 10.2. The fourth-order valence-electron chi connectivity index (χ4n) is 1.98. The fraction of sp³-hybridized carbons (Fsp3) is 0.214. The van der Waals surface area contributed by atoms with E-state index in [1.807, 2.05) is 5.43 Å². The summed E-state index contributed by atoms with van der Waals surface area (Å²) >= 11 is 0. The van der Waals surface area contributed by atoms with E-state index >= 15 is 0 Å². The molecular formula is C14H16N4O4. The van der Waals surface area contributed by atoms with E-state index in [1.165, 1.54) is 25.0 Å². The van der Waals surface area contributed by atoms with Gasteiger partial charge in [-0.15, -0.1) is 0 Å². The van der Waals surface area contributed by atoms with Gasteiger partial charge in [0.1, 0.15) is 17.2 Å². The molecule has 0 fully saturated rings. The lowest BCUT2D eigenvalue weighted by atomic mass is 10.2. The summed E-state index contributed by atoms with van der Waals surface area (Å²) in [5, 5.41) is 4.07. The number of ether oxygens (including phenoxy) is 2. The van der Waals surface area contributed by atoms with Crippen molar-refractivity contribution in [1.82, 2.24) is 15.2 Å². The molecule has 8 heteroatoms. The van der Waals surface area contributed by atoms with Crippen LogP contribution in [-0.2, 0) is 0 Å². The number of methoxy groups -OCH3 is 2. The second-order valence-corrected chi connectivity index (χ2v) is 4.42. The first-order valence-corrected chi connectivity index (χ1v) is 6.36. The van der Waals surface area contributed by atoms with E-state index in [-0.39, 0.29) is 5.69 Å². The van der Waals surface area contributed by atoms with Crippen LogP contribution in [0.2, 0.25) is 0 Å². The van der Waals surface area contributed by atoms with Crippen LogP contribution in [0.1, 0.15) is 16.2 Å². The first-order valence-electron chi connectivity index (χ1n) is 6.36. The van der Waals surface area contributed by atoms with Crippen LogP contribution in [0.3, 0.4) is 0 Å². The number of aryl methyl sites for hydroxylation is 1. The summed E-state index contributed by atoms with van der Waals surface area (Å²) in [6.07, 6.45) is 0. The molecule has 1 aromatic heterocycles. The Morgan fingerprint density at radius 2 is 2.00 bits per heavy atom. The molecule has 1 heterocycles. The Labute approximate surface area is 126 Å². The van der Waals surface area contributed by atoms with Crippen molar-refractivity contribution in [2.24, 2.45) is 5.84 Å². The lowest BCUT2D eigenvalue weighted by molar-refractivity contribution is 0.0945. The van der Waals surface area contributed by atoms with E-state index in [9.17, 15) is 9.59 Å². The van der Waals surface area contributed by atoms with Gasteiger partial charge in [-0.3, -0.25) is 15.0 Å². The SMILES string of the molecule is COc1ccc(OC)c(-n2nc(C(=O)NN)c(=O)cc2C)c1. The van der Waals surface area contributed by atoms with E-state index in [2.05, 4.69) is 5.10 Å². The van der Waals surface area contributed by atoms with E-state index in [1.54, 1.807) is 25.1 Å². The van der Waals surface area contributed by atoms with Crippen molar-refractivity contribution < 1.29 is 14.3 Å². The average molecular weight is 304 g/mol. The molecule has 1 amide bonds. The molecule has 2 rings (SSSR count). The Morgan fingerprint density at radius 3 is 2.59 bits per heavy atom. The Bertz CT molecular complexity index is 770. The van der Waals surface area contributed by atoms with Gasteiger partial charge < -0.3 is 9.47 Å². The molecule has 0 atom stereocenters. The standard InChI is InChI=1S/C14H16N4O4/c1-8-6-11(19)13(14(20)16-15)17-18(8)10-7-9(21-2)4-5-12(10)22-3/h4-7H,15H2,1-3H3,(H,16,20). The molecule has 2 aromatic rings. The Hall–Kier alpha value is -2.87. The van der Waals surface area contributed by atoms with Gasteiger partial charge >= 0.3 is 0 Å². The Kier molecular flexibility index (Phi) is 4.42. The number of nitrogen functional groups attached to an aromatic ring is 1. The molecule has 1 aromatic carbocycles. The van der Waals surface area contributed by atoms with Crippen molar-refractivity contribution in [3.8, 4) is 17.2 Å². The van der Waals surface area contributed by atoms with Gasteiger partial charge in [0.05, 0.1) is 14.2 Å². The molecule has 0 aliphatic carbocycles. The number of hydrogen-bond acceptors (Lipinski definition) is 6. The number of nitrogens with two attached hydrogens (primary N) is 1. The topological polar surface area (TPSA) is 108 Å². The average Bonchev–Trinajstić information content (AvgIpc) is 2.53. The maximum absolute atomic E-state index is 11.9. The predicted octanol–water partition coefficient (Wildman–Crippen LogP) is 0.162. The summed E-state index contributed by atoms with van der Waals surface area (Å²) in [6, 6.07) is 6.42. The number of carbonyl (C=O) groups is 1. The van der Waals surface area contributed by atoms with Gasteiger partial charge in [-0.05, 0) is 19.1 Å². The summed E-state index contributed by atoms with van der Waals surface area (Å²) < 4.78 is 11.9.